The van der Waals surface area contributed by atoms with Gasteiger partial charge in [0.1, 0.15) is 0 Å². The van der Waals surface area contributed by atoms with Gasteiger partial charge in [0.2, 0.25) is 0 Å². The first-order valence-corrected chi connectivity index (χ1v) is 9.47. The maximum absolute atomic E-state index is 12.2. The van der Waals surface area contributed by atoms with Gasteiger partial charge >= 0.3 is 6.03 Å². The van der Waals surface area contributed by atoms with Gasteiger partial charge in [0.05, 0.1) is 23.8 Å². The van der Waals surface area contributed by atoms with Crippen LogP contribution in [0.4, 0.5) is 4.79 Å². The van der Waals surface area contributed by atoms with E-state index in [0.29, 0.717) is 12.1 Å². The van der Waals surface area contributed by atoms with Crippen LogP contribution in [0.25, 0.3) is 0 Å². The molecule has 24 heavy (non-hydrogen) atoms. The molecule has 3 fully saturated rings. The lowest BCUT2D eigenvalue weighted by molar-refractivity contribution is 0.121. The monoisotopic (exact) mass is 331 g/mol. The number of likely N-dealkylation sites (tertiary alicyclic amines) is 1. The lowest BCUT2D eigenvalue weighted by Gasteiger charge is -2.37. The molecule has 6 heteroatoms. The average molecular weight is 331 g/mol. The molecule has 1 aromatic heterocycles. The van der Waals surface area contributed by atoms with E-state index in [2.05, 4.69) is 41.0 Å². The smallest absolute Gasteiger partial charge is 0.318 e. The van der Waals surface area contributed by atoms with Crippen LogP contribution in [0.3, 0.4) is 0 Å². The van der Waals surface area contributed by atoms with Crippen LogP contribution in [-0.4, -0.2) is 56.8 Å². The van der Waals surface area contributed by atoms with E-state index < -0.39 is 0 Å². The van der Waals surface area contributed by atoms with Gasteiger partial charge in [-0.2, -0.15) is 5.10 Å². The first-order chi connectivity index (χ1) is 11.6. The van der Waals surface area contributed by atoms with Crippen LogP contribution in [0.1, 0.15) is 57.7 Å². The molecule has 0 unspecified atom stereocenters. The summed E-state index contributed by atoms with van der Waals surface area (Å²) in [5.74, 6) is 0. The first kappa shape index (κ1) is 15.9. The van der Waals surface area contributed by atoms with Crippen LogP contribution < -0.4 is 5.32 Å². The van der Waals surface area contributed by atoms with E-state index in [1.54, 1.807) is 0 Å². The molecule has 0 radical (unpaired) electrons. The molecule has 3 heterocycles. The highest BCUT2D eigenvalue weighted by molar-refractivity contribution is 5.78. The summed E-state index contributed by atoms with van der Waals surface area (Å²) in [6.45, 7) is 7.06. The van der Waals surface area contributed by atoms with Crippen LogP contribution >= 0.6 is 0 Å². The summed E-state index contributed by atoms with van der Waals surface area (Å²) >= 11 is 0. The maximum Gasteiger partial charge on any atom is 0.318 e. The van der Waals surface area contributed by atoms with Gasteiger partial charge in [-0.1, -0.05) is 12.8 Å². The number of nitrogens with zero attached hydrogens (tertiary/aromatic N) is 4. The standard InChI is InChI=1S/C18H29N5O/c1-13(2)23-17-8-9-21(12-16(17)19-18(23)24)11-14-7-10-22(20-14)15-5-3-4-6-15/h7,10,13,15-17H,3-6,8-9,11-12H2,1-2H3,(H,19,24)/t16-,17+/m1/s1. The summed E-state index contributed by atoms with van der Waals surface area (Å²) in [7, 11) is 0. The molecule has 6 nitrogen and oxygen atoms in total. The summed E-state index contributed by atoms with van der Waals surface area (Å²) in [4.78, 5) is 16.6. The Labute approximate surface area is 144 Å². The number of hydrogen-bond acceptors (Lipinski definition) is 3. The molecule has 1 N–H and O–H groups in total. The minimum absolute atomic E-state index is 0.104. The molecule has 0 spiro atoms. The van der Waals surface area contributed by atoms with E-state index in [0.717, 1.165) is 31.7 Å². The predicted octanol–water partition coefficient (Wildman–Crippen LogP) is 2.37. The normalized spacial score (nSPS) is 28.6. The molecule has 1 aliphatic carbocycles. The van der Waals surface area contributed by atoms with Crippen LogP contribution in [0, 0.1) is 0 Å². The Morgan fingerprint density at radius 2 is 2.08 bits per heavy atom. The summed E-state index contributed by atoms with van der Waals surface area (Å²) < 4.78 is 2.17. The zero-order valence-electron chi connectivity index (χ0n) is 14.8. The van der Waals surface area contributed by atoms with Gasteiger partial charge < -0.3 is 10.2 Å². The number of urea groups is 1. The largest absolute Gasteiger partial charge is 0.332 e. The van der Waals surface area contributed by atoms with Crippen molar-refractivity contribution < 1.29 is 4.79 Å². The van der Waals surface area contributed by atoms with Crippen molar-refractivity contribution in [2.45, 2.75) is 76.7 Å². The second-order valence-electron chi connectivity index (χ2n) is 7.87. The van der Waals surface area contributed by atoms with Crippen molar-refractivity contribution in [3.8, 4) is 0 Å². The maximum atomic E-state index is 12.2. The summed E-state index contributed by atoms with van der Waals surface area (Å²) in [5, 5.41) is 7.98. The van der Waals surface area contributed by atoms with Gasteiger partial charge in [0, 0.05) is 31.9 Å². The highest BCUT2D eigenvalue weighted by Gasteiger charge is 2.43. The molecule has 4 rings (SSSR count). The van der Waals surface area contributed by atoms with Gasteiger partial charge in [0.15, 0.2) is 0 Å². The van der Waals surface area contributed by atoms with Gasteiger partial charge in [-0.05, 0) is 39.2 Å². The fourth-order valence-corrected chi connectivity index (χ4v) is 4.69. The molecule has 2 atom stereocenters. The second-order valence-corrected chi connectivity index (χ2v) is 7.87. The molecule has 2 aliphatic heterocycles. The highest BCUT2D eigenvalue weighted by Crippen LogP contribution is 2.29. The Morgan fingerprint density at radius 3 is 2.83 bits per heavy atom. The van der Waals surface area contributed by atoms with E-state index in [-0.39, 0.29) is 18.1 Å². The Bertz CT molecular complexity index is 592. The molecular formula is C18H29N5O. The lowest BCUT2D eigenvalue weighted by atomic mass is 9.99. The molecule has 1 saturated carbocycles. The molecule has 132 valence electrons. The quantitative estimate of drug-likeness (QED) is 0.921. The van der Waals surface area contributed by atoms with Crippen molar-refractivity contribution in [2.24, 2.45) is 0 Å². The number of carbonyl (C=O) groups is 1. The van der Waals surface area contributed by atoms with Crippen molar-refractivity contribution in [1.82, 2.24) is 24.9 Å². The summed E-state index contributed by atoms with van der Waals surface area (Å²) in [5.41, 5.74) is 1.16. The van der Waals surface area contributed by atoms with E-state index in [4.69, 9.17) is 5.10 Å². The van der Waals surface area contributed by atoms with Crippen LogP contribution in [0.5, 0.6) is 0 Å². The first-order valence-electron chi connectivity index (χ1n) is 9.47. The number of aromatic nitrogens is 2. The van der Waals surface area contributed by atoms with Crippen molar-refractivity contribution in [1.29, 1.82) is 0 Å². The van der Waals surface area contributed by atoms with Crippen molar-refractivity contribution in [3.05, 3.63) is 18.0 Å². The third-order valence-corrected chi connectivity index (χ3v) is 5.87. The summed E-state index contributed by atoms with van der Waals surface area (Å²) in [6, 6.07) is 3.76. The van der Waals surface area contributed by atoms with E-state index in [9.17, 15) is 4.79 Å². The number of carbonyl (C=O) groups excluding carboxylic acids is 1. The fraction of sp³-hybridized carbons (Fsp3) is 0.778. The van der Waals surface area contributed by atoms with E-state index in [1.165, 1.54) is 25.7 Å². The van der Waals surface area contributed by atoms with Gasteiger partial charge in [-0.3, -0.25) is 9.58 Å². The third kappa shape index (κ3) is 2.92. The Balaban J connectivity index is 1.37. The third-order valence-electron chi connectivity index (χ3n) is 5.87. The molecule has 1 aromatic rings. The highest BCUT2D eigenvalue weighted by atomic mass is 16.2. The molecule has 0 aromatic carbocycles. The van der Waals surface area contributed by atoms with Crippen LogP contribution in [-0.2, 0) is 6.54 Å². The second kappa shape index (κ2) is 6.39. The molecule has 0 bridgehead atoms. The van der Waals surface area contributed by atoms with Gasteiger partial charge in [-0.15, -0.1) is 0 Å². The molecule has 3 aliphatic rings. The van der Waals surface area contributed by atoms with Crippen molar-refractivity contribution in [2.75, 3.05) is 13.1 Å². The minimum Gasteiger partial charge on any atom is -0.332 e. The molecule has 2 saturated heterocycles. The fourth-order valence-electron chi connectivity index (χ4n) is 4.69. The Kier molecular flexibility index (Phi) is 4.24. The Morgan fingerprint density at radius 1 is 1.29 bits per heavy atom. The zero-order chi connectivity index (χ0) is 16.7. The number of hydrogen-bond donors (Lipinski definition) is 1. The predicted molar refractivity (Wildman–Crippen MR) is 92.7 cm³/mol. The summed E-state index contributed by atoms with van der Waals surface area (Å²) in [6.07, 6.45) is 8.40. The minimum atomic E-state index is 0.104. The Hall–Kier alpha value is -1.56. The lowest BCUT2D eigenvalue weighted by Crippen LogP contribution is -2.51. The molecular weight excluding hydrogens is 302 g/mol. The molecule has 2 amide bonds. The average Bonchev–Trinajstić information content (AvgIpc) is 3.24. The van der Waals surface area contributed by atoms with Crippen molar-refractivity contribution in [3.63, 3.8) is 0 Å². The van der Waals surface area contributed by atoms with E-state index >= 15 is 0 Å². The van der Waals surface area contributed by atoms with Gasteiger partial charge in [0.25, 0.3) is 0 Å². The zero-order valence-corrected chi connectivity index (χ0v) is 14.8. The number of nitrogens with one attached hydrogen (secondary N) is 1. The number of piperidine rings is 1. The number of fused-ring (bicyclic) bond motifs is 1. The SMILES string of the molecule is CC(C)N1C(=O)N[C@@H]2CN(Cc3ccn(C4CCCC4)n3)CC[C@@H]21. The number of rotatable bonds is 4. The van der Waals surface area contributed by atoms with Crippen molar-refractivity contribution >= 4 is 6.03 Å². The topological polar surface area (TPSA) is 53.4 Å². The van der Waals surface area contributed by atoms with Crippen LogP contribution in [0.2, 0.25) is 0 Å². The van der Waals surface area contributed by atoms with Crippen LogP contribution in [0.15, 0.2) is 12.3 Å². The number of amides is 2. The van der Waals surface area contributed by atoms with Gasteiger partial charge in [-0.25, -0.2) is 4.79 Å². The van der Waals surface area contributed by atoms with E-state index in [1.807, 2.05) is 4.90 Å².